The van der Waals surface area contributed by atoms with Crippen molar-refractivity contribution in [1.29, 1.82) is 0 Å². The lowest BCUT2D eigenvalue weighted by molar-refractivity contribution is -0.335. The van der Waals surface area contributed by atoms with E-state index in [2.05, 4.69) is 45.0 Å². The molecular weight excluding hydrogens is 510 g/mol. The predicted molar refractivity (Wildman–Crippen MR) is 153 cm³/mol. The van der Waals surface area contributed by atoms with Gasteiger partial charge in [-0.05, 0) is 63.0 Å². The number of allylic oxidation sites excluding steroid dienone is 4. The Labute approximate surface area is 238 Å². The molecule has 8 nitrogen and oxygen atoms in total. The topological polar surface area (TPSA) is 107 Å². The number of aliphatic hydroxyl groups is 1. The molecule has 3 heterocycles. The van der Waals surface area contributed by atoms with Crippen molar-refractivity contribution in [2.45, 2.75) is 115 Å². The van der Waals surface area contributed by atoms with Crippen molar-refractivity contribution in [1.82, 2.24) is 0 Å². The first kappa shape index (κ1) is 30.7. The van der Waals surface area contributed by atoms with Crippen LogP contribution in [0.1, 0.15) is 79.6 Å². The van der Waals surface area contributed by atoms with Crippen molar-refractivity contribution in [2.24, 2.45) is 22.9 Å². The molecule has 222 valence electrons. The van der Waals surface area contributed by atoms with E-state index in [1.54, 1.807) is 25.2 Å². The number of esters is 1. The maximum atomic E-state index is 13.9. The number of carbonyl (C=O) groups excluding carboxylic acids is 1. The Kier molecular flexibility index (Phi) is 9.76. The lowest BCUT2D eigenvalue weighted by atomic mass is 9.73. The van der Waals surface area contributed by atoms with E-state index >= 15 is 0 Å². The number of rotatable bonds is 2. The molecule has 3 aliphatic heterocycles. The van der Waals surface area contributed by atoms with Gasteiger partial charge >= 0.3 is 5.97 Å². The van der Waals surface area contributed by atoms with Crippen LogP contribution in [0.5, 0.6) is 0 Å². The third-order valence-corrected chi connectivity index (χ3v) is 8.98. The fourth-order valence-corrected chi connectivity index (χ4v) is 6.79. The Bertz CT molecular complexity index is 1080. The second-order valence-corrected chi connectivity index (χ2v) is 12.3. The minimum Gasteiger partial charge on any atom is -0.462 e. The average Bonchev–Trinajstić information content (AvgIpc) is 2.91. The second kappa shape index (κ2) is 12.7. The minimum atomic E-state index is -1.82. The molecule has 2 N–H and O–H groups in total. The van der Waals surface area contributed by atoms with Crippen molar-refractivity contribution in [3.8, 4) is 0 Å². The Morgan fingerprint density at radius 1 is 1.18 bits per heavy atom. The summed E-state index contributed by atoms with van der Waals surface area (Å²) in [5.41, 5.74) is 0.168. The van der Waals surface area contributed by atoms with E-state index in [4.69, 9.17) is 18.9 Å². The van der Waals surface area contributed by atoms with Crippen molar-refractivity contribution in [2.75, 3.05) is 7.11 Å². The molecule has 2 unspecified atom stereocenters. The van der Waals surface area contributed by atoms with Crippen LogP contribution in [-0.4, -0.2) is 64.9 Å². The Balaban J connectivity index is 1.73. The van der Waals surface area contributed by atoms with Gasteiger partial charge < -0.3 is 29.3 Å². The molecule has 0 aromatic heterocycles. The molecular formula is C32H47NO7. The van der Waals surface area contributed by atoms with Gasteiger partial charge in [0.15, 0.2) is 5.79 Å². The van der Waals surface area contributed by atoms with Gasteiger partial charge in [0, 0.05) is 26.4 Å². The number of hydrogen-bond acceptors (Lipinski definition) is 8. The maximum absolute atomic E-state index is 13.9. The van der Waals surface area contributed by atoms with Crippen LogP contribution in [0.15, 0.2) is 52.8 Å². The molecule has 1 aliphatic carbocycles. The maximum Gasteiger partial charge on any atom is 0.316 e. The van der Waals surface area contributed by atoms with E-state index in [9.17, 15) is 15.1 Å². The fourth-order valence-electron chi connectivity index (χ4n) is 6.79. The van der Waals surface area contributed by atoms with Gasteiger partial charge in [0.05, 0.1) is 12.2 Å². The first-order chi connectivity index (χ1) is 19.0. The van der Waals surface area contributed by atoms with E-state index in [0.717, 1.165) is 25.7 Å². The lowest BCUT2D eigenvalue weighted by Gasteiger charge is -2.49. The summed E-state index contributed by atoms with van der Waals surface area (Å²) in [7, 11) is 1.42. The summed E-state index contributed by atoms with van der Waals surface area (Å²) in [6, 6.07) is 0. The molecule has 4 aliphatic rings. The van der Waals surface area contributed by atoms with Gasteiger partial charge in [-0.25, -0.2) is 0 Å². The smallest absolute Gasteiger partial charge is 0.316 e. The predicted octanol–water partition coefficient (Wildman–Crippen LogP) is 5.64. The molecule has 0 amide bonds. The molecule has 0 aromatic carbocycles. The van der Waals surface area contributed by atoms with E-state index < -0.39 is 35.5 Å². The average molecular weight is 558 g/mol. The van der Waals surface area contributed by atoms with Crippen molar-refractivity contribution in [3.05, 3.63) is 47.6 Å². The van der Waals surface area contributed by atoms with Gasteiger partial charge in [-0.2, -0.15) is 0 Å². The highest BCUT2D eigenvalue weighted by atomic mass is 16.7. The molecule has 2 fully saturated rings. The van der Waals surface area contributed by atoms with Crippen LogP contribution in [0, 0.1) is 17.8 Å². The monoisotopic (exact) mass is 557 g/mol. The fraction of sp³-hybridized carbons (Fsp3) is 0.688. The summed E-state index contributed by atoms with van der Waals surface area (Å²) in [5.74, 6) is -1.71. The molecule has 4 rings (SSSR count). The first-order valence-corrected chi connectivity index (χ1v) is 14.8. The normalized spacial score (nSPS) is 45.1. The van der Waals surface area contributed by atoms with Crippen molar-refractivity contribution < 1.29 is 34.1 Å². The third-order valence-electron chi connectivity index (χ3n) is 8.98. The minimum absolute atomic E-state index is 0.0874. The molecule has 2 saturated heterocycles. The quantitative estimate of drug-likeness (QED) is 0.196. The van der Waals surface area contributed by atoms with E-state index in [-0.39, 0.29) is 23.8 Å². The molecule has 0 radical (unpaired) electrons. The zero-order valence-corrected chi connectivity index (χ0v) is 24.8. The zero-order chi connectivity index (χ0) is 29.1. The van der Waals surface area contributed by atoms with Gasteiger partial charge in [-0.15, -0.1) is 0 Å². The number of hydrogen-bond donors (Lipinski definition) is 2. The van der Waals surface area contributed by atoms with Crippen LogP contribution in [0.4, 0.5) is 0 Å². The summed E-state index contributed by atoms with van der Waals surface area (Å²) in [6.45, 7) is 10.4. The first-order valence-electron chi connectivity index (χ1n) is 14.8. The van der Waals surface area contributed by atoms with Crippen LogP contribution in [0.2, 0.25) is 0 Å². The van der Waals surface area contributed by atoms with Crippen molar-refractivity contribution >= 4 is 11.7 Å². The molecule has 2 bridgehead atoms. The summed E-state index contributed by atoms with van der Waals surface area (Å²) >= 11 is 0. The Hall–Kier alpha value is -2.26. The second-order valence-electron chi connectivity index (χ2n) is 12.3. The Morgan fingerprint density at radius 2 is 1.95 bits per heavy atom. The summed E-state index contributed by atoms with van der Waals surface area (Å²) in [6.07, 6.45) is 14.7. The van der Waals surface area contributed by atoms with Gasteiger partial charge in [-0.3, -0.25) is 4.79 Å². The highest BCUT2D eigenvalue weighted by Gasteiger charge is 2.53. The summed E-state index contributed by atoms with van der Waals surface area (Å²) in [5, 5.41) is 25.1. The molecule has 1 spiro atoms. The highest BCUT2D eigenvalue weighted by Crippen LogP contribution is 2.44. The molecule has 0 saturated carbocycles. The molecule has 9 atom stereocenters. The third kappa shape index (κ3) is 6.46. The summed E-state index contributed by atoms with van der Waals surface area (Å²) in [4.78, 5) is 13.9. The molecule has 8 heteroatoms. The van der Waals surface area contributed by atoms with E-state index in [1.165, 1.54) is 12.7 Å². The number of methoxy groups -OCH3 is 1. The number of oxime groups is 1. The van der Waals surface area contributed by atoms with Crippen LogP contribution in [-0.2, 0) is 23.7 Å². The van der Waals surface area contributed by atoms with Crippen molar-refractivity contribution in [3.63, 3.8) is 0 Å². The lowest BCUT2D eigenvalue weighted by Crippen LogP contribution is -2.58. The SMILES string of the molecule is CC[C@H]1O[C@]2(CC[C@@H]1C)C[C@@H]1C[C@@H](C/C=C(\C)C[C@@H](C)/C=C/C=C/C3(O)C(C=C(C)/C(=N\O)[C@H]3OC)C(=O)O1)O2. The number of ether oxygens (including phenoxy) is 4. The largest absolute Gasteiger partial charge is 0.462 e. The van der Waals surface area contributed by atoms with Crippen LogP contribution >= 0.6 is 0 Å². The molecule has 40 heavy (non-hydrogen) atoms. The van der Waals surface area contributed by atoms with E-state index in [0.29, 0.717) is 30.8 Å². The standard InChI is InChI=1S/C32H47NO7/c1-7-27-22(4)13-15-31(40-27)19-25-18-24(39-31)12-11-21(3)16-20(2)10-8-9-14-32(35)26(30(34)38-25)17-23(5)28(33-36)29(32)37-6/h8-11,14,17,20,22,24-27,29,35-36H,7,12-13,15-16,18-19H2,1-6H3/b10-8+,14-9+,21-11+,33-28+/t20-,22-,24+,25-,26?,27+,29+,31+,32?/m0/s1. The van der Waals surface area contributed by atoms with Gasteiger partial charge in [-0.1, -0.05) is 61.9 Å². The molecule has 0 aromatic rings. The van der Waals surface area contributed by atoms with Crippen LogP contribution in [0.3, 0.4) is 0 Å². The Morgan fingerprint density at radius 3 is 2.65 bits per heavy atom. The zero-order valence-electron chi connectivity index (χ0n) is 24.8. The summed E-state index contributed by atoms with van der Waals surface area (Å²) < 4.78 is 25.1. The van der Waals surface area contributed by atoms with Gasteiger partial charge in [0.2, 0.25) is 0 Å². The van der Waals surface area contributed by atoms with Crippen LogP contribution in [0.25, 0.3) is 0 Å². The number of nitrogens with zero attached hydrogens (tertiary/aromatic N) is 1. The van der Waals surface area contributed by atoms with E-state index in [1.807, 2.05) is 6.08 Å². The van der Waals surface area contributed by atoms with Gasteiger partial charge in [0.25, 0.3) is 0 Å². The van der Waals surface area contributed by atoms with Gasteiger partial charge in [0.1, 0.15) is 29.4 Å². The number of carbonyl (C=O) groups is 1. The van der Waals surface area contributed by atoms with Crippen LogP contribution < -0.4 is 0 Å². The number of fused-ring (bicyclic) bond motifs is 3. The highest BCUT2D eigenvalue weighted by molar-refractivity contribution is 6.06.